The van der Waals surface area contributed by atoms with Crippen molar-refractivity contribution in [3.8, 4) is 0 Å². The molecule has 202 valence electrons. The third kappa shape index (κ3) is 7.07. The van der Waals surface area contributed by atoms with E-state index in [9.17, 15) is 9.90 Å². The Morgan fingerprint density at radius 2 is 1.79 bits per heavy atom. The minimum Gasteiger partial charge on any atom is -0.478 e. The maximum Gasteiger partial charge on any atom is 0.335 e. The first-order chi connectivity index (χ1) is 18.0. The Kier molecular flexibility index (Phi) is 9.02. The Balaban J connectivity index is 1.65. The van der Waals surface area contributed by atoms with E-state index in [1.807, 2.05) is 42.5 Å². The summed E-state index contributed by atoms with van der Waals surface area (Å²) < 4.78 is 15.2. The molecule has 7 heteroatoms. The summed E-state index contributed by atoms with van der Waals surface area (Å²) >= 11 is 12.6. The van der Waals surface area contributed by atoms with Crippen LogP contribution < -0.4 is 10.2 Å². The average molecular weight is 558 g/mol. The maximum atomic E-state index is 15.2. The summed E-state index contributed by atoms with van der Waals surface area (Å²) in [7, 11) is 0. The lowest BCUT2D eigenvalue weighted by Gasteiger charge is -2.35. The highest BCUT2D eigenvalue weighted by atomic mass is 35.5. The molecule has 38 heavy (non-hydrogen) atoms. The molecule has 1 aliphatic rings. The molecule has 0 spiro atoms. The van der Waals surface area contributed by atoms with Gasteiger partial charge in [-0.05, 0) is 71.7 Å². The molecule has 3 aromatic carbocycles. The van der Waals surface area contributed by atoms with Crippen molar-refractivity contribution in [1.82, 2.24) is 5.32 Å². The highest BCUT2D eigenvalue weighted by Crippen LogP contribution is 2.40. The highest BCUT2D eigenvalue weighted by Gasteiger charge is 2.40. The van der Waals surface area contributed by atoms with E-state index in [4.69, 9.17) is 23.2 Å². The number of carboxylic acid groups (broad SMARTS) is 1. The fraction of sp³-hybridized carbons (Fsp3) is 0.387. The van der Waals surface area contributed by atoms with E-state index < -0.39 is 5.97 Å². The largest absolute Gasteiger partial charge is 0.478 e. The predicted octanol–water partition coefficient (Wildman–Crippen LogP) is 7.69. The summed E-state index contributed by atoms with van der Waals surface area (Å²) in [6.07, 6.45) is 1.68. The fourth-order valence-electron chi connectivity index (χ4n) is 5.48. The van der Waals surface area contributed by atoms with Crippen LogP contribution in [0, 0.1) is 17.2 Å². The first-order valence-corrected chi connectivity index (χ1v) is 13.8. The zero-order valence-electron chi connectivity index (χ0n) is 22.1. The van der Waals surface area contributed by atoms with Crippen molar-refractivity contribution in [2.45, 2.75) is 45.6 Å². The smallest absolute Gasteiger partial charge is 0.335 e. The Morgan fingerprint density at radius 1 is 1.08 bits per heavy atom. The Bertz CT molecular complexity index is 1260. The summed E-state index contributed by atoms with van der Waals surface area (Å²) in [6.45, 7) is 8.79. The molecule has 1 saturated heterocycles. The monoisotopic (exact) mass is 556 g/mol. The normalized spacial score (nSPS) is 19.5. The van der Waals surface area contributed by atoms with Crippen LogP contribution in [-0.2, 0) is 6.42 Å². The predicted molar refractivity (Wildman–Crippen MR) is 154 cm³/mol. The zero-order chi connectivity index (χ0) is 27.4. The van der Waals surface area contributed by atoms with Crippen molar-refractivity contribution in [1.29, 1.82) is 0 Å². The van der Waals surface area contributed by atoms with Crippen LogP contribution in [0.2, 0.25) is 10.0 Å². The zero-order valence-corrected chi connectivity index (χ0v) is 23.6. The van der Waals surface area contributed by atoms with Gasteiger partial charge in [0.15, 0.2) is 0 Å². The molecule has 1 aliphatic heterocycles. The second-order valence-corrected chi connectivity index (χ2v) is 12.2. The van der Waals surface area contributed by atoms with Crippen molar-refractivity contribution in [3.63, 3.8) is 0 Å². The molecule has 0 amide bonds. The van der Waals surface area contributed by atoms with Crippen LogP contribution in [0.15, 0.2) is 66.7 Å². The van der Waals surface area contributed by atoms with Crippen molar-refractivity contribution in [3.05, 3.63) is 99.3 Å². The minimum absolute atomic E-state index is 0.0300. The molecule has 3 atom stereocenters. The van der Waals surface area contributed by atoms with Crippen molar-refractivity contribution >= 4 is 34.9 Å². The van der Waals surface area contributed by atoms with Gasteiger partial charge < -0.3 is 15.3 Å². The van der Waals surface area contributed by atoms with E-state index in [1.54, 1.807) is 18.2 Å². The number of benzene rings is 3. The molecule has 0 radical (unpaired) electrons. The van der Waals surface area contributed by atoms with Gasteiger partial charge in [0.25, 0.3) is 0 Å². The van der Waals surface area contributed by atoms with Gasteiger partial charge in [-0.3, -0.25) is 0 Å². The van der Waals surface area contributed by atoms with Crippen LogP contribution in [-0.4, -0.2) is 36.8 Å². The number of hydrogen-bond donors (Lipinski definition) is 2. The number of anilines is 1. The topological polar surface area (TPSA) is 52.6 Å². The van der Waals surface area contributed by atoms with Gasteiger partial charge in [0.1, 0.15) is 5.82 Å². The molecular formula is C31H35Cl2FN2O2. The average Bonchev–Trinajstić information content (AvgIpc) is 3.23. The molecule has 3 unspecified atom stereocenters. The van der Waals surface area contributed by atoms with E-state index in [2.05, 4.69) is 37.1 Å². The van der Waals surface area contributed by atoms with Gasteiger partial charge in [0, 0.05) is 42.3 Å². The summed E-state index contributed by atoms with van der Waals surface area (Å²) in [5, 5.41) is 13.7. The van der Waals surface area contributed by atoms with E-state index in [1.165, 1.54) is 0 Å². The number of hydrogen-bond acceptors (Lipinski definition) is 3. The molecule has 1 fully saturated rings. The van der Waals surface area contributed by atoms with Crippen molar-refractivity contribution in [2.24, 2.45) is 11.3 Å². The highest BCUT2D eigenvalue weighted by molar-refractivity contribution is 6.31. The molecular weight excluding hydrogens is 522 g/mol. The van der Waals surface area contributed by atoms with Gasteiger partial charge in [-0.2, -0.15) is 0 Å². The Morgan fingerprint density at radius 3 is 2.45 bits per heavy atom. The lowest BCUT2D eigenvalue weighted by Crippen LogP contribution is -2.40. The molecule has 0 aliphatic carbocycles. The summed E-state index contributed by atoms with van der Waals surface area (Å²) in [5.41, 5.74) is 3.09. The SMILES string of the molecule is CC(C)(C)CC1NCC(c2cccc(Cl)c2F)C1CN(CCc1ccc(C(=O)O)cc1)c1cccc(Cl)c1. The van der Waals surface area contributed by atoms with Crippen LogP contribution in [0.5, 0.6) is 0 Å². The molecule has 2 N–H and O–H groups in total. The van der Waals surface area contributed by atoms with E-state index in [0.29, 0.717) is 30.2 Å². The van der Waals surface area contributed by atoms with Gasteiger partial charge in [0.2, 0.25) is 0 Å². The van der Waals surface area contributed by atoms with Crippen molar-refractivity contribution in [2.75, 3.05) is 24.5 Å². The second-order valence-electron chi connectivity index (χ2n) is 11.4. The van der Waals surface area contributed by atoms with Crippen molar-refractivity contribution < 1.29 is 14.3 Å². The number of rotatable bonds is 9. The van der Waals surface area contributed by atoms with E-state index >= 15 is 4.39 Å². The van der Waals surface area contributed by atoms with Crippen LogP contribution in [0.1, 0.15) is 54.6 Å². The summed E-state index contributed by atoms with van der Waals surface area (Å²) in [4.78, 5) is 13.6. The van der Waals surface area contributed by atoms with E-state index in [0.717, 1.165) is 24.1 Å². The quantitative estimate of drug-likeness (QED) is 0.283. The van der Waals surface area contributed by atoms with Gasteiger partial charge in [-0.1, -0.05) is 74.3 Å². The summed E-state index contributed by atoms with van der Waals surface area (Å²) in [6, 6.07) is 20.3. The number of carbonyl (C=O) groups is 1. The van der Waals surface area contributed by atoms with Gasteiger partial charge >= 0.3 is 5.97 Å². The third-order valence-corrected chi connectivity index (χ3v) is 7.85. The fourth-order valence-corrected chi connectivity index (χ4v) is 5.84. The van der Waals surface area contributed by atoms with Crippen LogP contribution in [0.25, 0.3) is 0 Å². The third-order valence-electron chi connectivity index (χ3n) is 7.32. The molecule has 3 aromatic rings. The molecule has 0 saturated carbocycles. The number of halogens is 3. The van der Waals surface area contributed by atoms with Crippen LogP contribution in [0.4, 0.5) is 10.1 Å². The lowest BCUT2D eigenvalue weighted by molar-refractivity contribution is 0.0697. The number of nitrogens with one attached hydrogen (secondary N) is 1. The molecule has 0 bridgehead atoms. The first-order valence-electron chi connectivity index (χ1n) is 13.0. The lowest BCUT2D eigenvalue weighted by atomic mass is 9.78. The maximum absolute atomic E-state index is 15.2. The molecule has 0 aromatic heterocycles. The number of carboxylic acids is 1. The molecule has 4 rings (SSSR count). The number of aromatic carboxylic acids is 1. The van der Waals surface area contributed by atoms with Crippen LogP contribution >= 0.6 is 23.2 Å². The molecule has 4 nitrogen and oxygen atoms in total. The van der Waals surface area contributed by atoms with Gasteiger partial charge in [0.05, 0.1) is 10.6 Å². The molecule has 1 heterocycles. The van der Waals surface area contributed by atoms with Crippen LogP contribution in [0.3, 0.4) is 0 Å². The standard InChI is InChI=1S/C31H35Cl2FN2O2/c1-31(2,3)17-28-26(25(18-35-28)24-8-5-9-27(33)29(24)34)19-36(23-7-4-6-22(32)16-23)15-14-20-10-12-21(13-11-20)30(37)38/h4-13,16,25-26,28,35H,14-15,17-19H2,1-3H3,(H,37,38). The first kappa shape index (κ1) is 28.4. The Labute approximate surface area is 234 Å². The summed E-state index contributed by atoms with van der Waals surface area (Å²) in [5.74, 6) is -1.17. The van der Waals surface area contributed by atoms with Gasteiger partial charge in [-0.25, -0.2) is 9.18 Å². The van der Waals surface area contributed by atoms with E-state index in [-0.39, 0.29) is 39.7 Å². The van der Waals surface area contributed by atoms with Gasteiger partial charge in [-0.15, -0.1) is 0 Å². The number of nitrogens with zero attached hydrogens (tertiary/aromatic N) is 1. The minimum atomic E-state index is -0.935. The Hall–Kier alpha value is -2.60. The second kappa shape index (κ2) is 12.1.